The van der Waals surface area contributed by atoms with Crippen molar-refractivity contribution in [2.45, 2.75) is 38.9 Å². The van der Waals surface area contributed by atoms with E-state index in [0.717, 1.165) is 13.0 Å². The maximum atomic E-state index is 9.71. The number of hydrogen-bond acceptors (Lipinski definition) is 4. The molecule has 5 nitrogen and oxygen atoms in total. The molecule has 0 fully saturated rings. The largest absolute Gasteiger partial charge is 0.389 e. The van der Waals surface area contributed by atoms with E-state index < -0.39 is 6.10 Å². The number of nitrogens with one attached hydrogen (secondary N) is 1. The van der Waals surface area contributed by atoms with Crippen LogP contribution in [0.1, 0.15) is 26.3 Å². The highest BCUT2D eigenvalue weighted by Gasteiger charge is 2.13. The molecule has 0 radical (unpaired) electrons. The van der Waals surface area contributed by atoms with Gasteiger partial charge in [0.05, 0.1) is 24.5 Å². The van der Waals surface area contributed by atoms with Crippen LogP contribution in [0.2, 0.25) is 0 Å². The van der Waals surface area contributed by atoms with Gasteiger partial charge < -0.3 is 15.2 Å². The van der Waals surface area contributed by atoms with E-state index in [4.69, 9.17) is 4.74 Å². The summed E-state index contributed by atoms with van der Waals surface area (Å²) in [4.78, 5) is 0. The summed E-state index contributed by atoms with van der Waals surface area (Å²) in [6.45, 7) is 7.69. The highest BCUT2D eigenvalue weighted by Crippen LogP contribution is 2.06. The first-order valence-corrected chi connectivity index (χ1v) is 6.37. The second kappa shape index (κ2) is 6.87. The van der Waals surface area contributed by atoms with Crippen LogP contribution in [0.25, 0.3) is 0 Å². The Kier molecular flexibility index (Phi) is 5.78. The van der Waals surface area contributed by atoms with Crippen molar-refractivity contribution in [2.24, 2.45) is 7.05 Å². The fourth-order valence-corrected chi connectivity index (χ4v) is 1.51. The molecule has 5 heteroatoms. The average molecular weight is 255 g/mol. The lowest BCUT2D eigenvalue weighted by Crippen LogP contribution is -2.34. The van der Waals surface area contributed by atoms with Crippen LogP contribution >= 0.6 is 0 Å². The molecule has 0 amide bonds. The molecule has 1 heterocycles. The molecule has 0 aliphatic carbocycles. The predicted octanol–water partition coefficient (Wildman–Crippen LogP) is 0.728. The first-order valence-electron chi connectivity index (χ1n) is 6.37. The van der Waals surface area contributed by atoms with Crippen molar-refractivity contribution in [1.82, 2.24) is 15.1 Å². The highest BCUT2D eigenvalue weighted by atomic mass is 16.5. The third-order valence-corrected chi connectivity index (χ3v) is 2.44. The molecule has 0 bridgehead atoms. The smallest absolute Gasteiger partial charge is 0.0897 e. The van der Waals surface area contributed by atoms with Crippen LogP contribution in [0, 0.1) is 0 Å². The summed E-state index contributed by atoms with van der Waals surface area (Å²) >= 11 is 0. The van der Waals surface area contributed by atoms with E-state index in [1.54, 1.807) is 4.68 Å². The van der Waals surface area contributed by atoms with Gasteiger partial charge in [0.15, 0.2) is 0 Å². The number of nitrogens with zero attached hydrogens (tertiary/aromatic N) is 2. The van der Waals surface area contributed by atoms with Gasteiger partial charge in [0, 0.05) is 19.8 Å². The van der Waals surface area contributed by atoms with Gasteiger partial charge in [0.2, 0.25) is 0 Å². The molecule has 104 valence electrons. The Bertz CT molecular complexity index is 344. The van der Waals surface area contributed by atoms with E-state index in [0.29, 0.717) is 13.2 Å². The standard InChI is InChI=1S/C13H25N3O2/c1-13(2,3)18-10-12(17)8-14-6-5-11-7-15-16(4)9-11/h7,9,12,14,17H,5-6,8,10H2,1-4H3. The molecule has 0 aromatic carbocycles. The van der Waals surface area contributed by atoms with Crippen molar-refractivity contribution in [1.29, 1.82) is 0 Å². The molecular weight excluding hydrogens is 230 g/mol. The Morgan fingerprint density at radius 2 is 2.22 bits per heavy atom. The normalized spacial score (nSPS) is 13.8. The number of ether oxygens (including phenoxy) is 1. The van der Waals surface area contributed by atoms with Gasteiger partial charge in [0.1, 0.15) is 0 Å². The Hall–Kier alpha value is -0.910. The molecule has 0 saturated heterocycles. The van der Waals surface area contributed by atoms with Crippen molar-refractivity contribution in [3.63, 3.8) is 0 Å². The summed E-state index contributed by atoms with van der Waals surface area (Å²) in [5.41, 5.74) is 1.00. The minimum Gasteiger partial charge on any atom is -0.389 e. The Balaban J connectivity index is 2.07. The zero-order valence-electron chi connectivity index (χ0n) is 11.8. The van der Waals surface area contributed by atoms with Crippen LogP contribution in [0.3, 0.4) is 0 Å². The van der Waals surface area contributed by atoms with E-state index in [1.165, 1.54) is 5.56 Å². The number of aromatic nitrogens is 2. The van der Waals surface area contributed by atoms with E-state index in [-0.39, 0.29) is 5.60 Å². The van der Waals surface area contributed by atoms with Gasteiger partial charge in [-0.25, -0.2) is 0 Å². The third kappa shape index (κ3) is 6.74. The lowest BCUT2D eigenvalue weighted by molar-refractivity contribution is -0.0477. The zero-order chi connectivity index (χ0) is 13.6. The van der Waals surface area contributed by atoms with Crippen LogP contribution in [0.5, 0.6) is 0 Å². The number of aryl methyl sites for hydroxylation is 1. The molecule has 1 atom stereocenters. The van der Waals surface area contributed by atoms with Crippen molar-refractivity contribution in [2.75, 3.05) is 19.7 Å². The summed E-state index contributed by atoms with van der Waals surface area (Å²) < 4.78 is 7.30. The first kappa shape index (κ1) is 15.1. The minimum absolute atomic E-state index is 0.198. The lowest BCUT2D eigenvalue weighted by Gasteiger charge is -2.22. The average Bonchev–Trinajstić information content (AvgIpc) is 2.67. The molecule has 18 heavy (non-hydrogen) atoms. The number of rotatable bonds is 7. The van der Waals surface area contributed by atoms with Crippen molar-refractivity contribution in [3.05, 3.63) is 18.0 Å². The van der Waals surface area contributed by atoms with Gasteiger partial charge in [0.25, 0.3) is 0 Å². The molecule has 1 aromatic heterocycles. The van der Waals surface area contributed by atoms with Crippen LogP contribution < -0.4 is 5.32 Å². The SMILES string of the molecule is Cn1cc(CCNCC(O)COC(C)(C)C)cn1. The summed E-state index contributed by atoms with van der Waals surface area (Å²) in [6.07, 6.45) is 4.32. The summed E-state index contributed by atoms with van der Waals surface area (Å²) in [6, 6.07) is 0. The van der Waals surface area contributed by atoms with Gasteiger partial charge in [-0.05, 0) is 39.3 Å². The number of aliphatic hydroxyl groups is 1. The summed E-state index contributed by atoms with van der Waals surface area (Å²) in [5.74, 6) is 0. The molecule has 1 unspecified atom stereocenters. The van der Waals surface area contributed by atoms with Crippen molar-refractivity contribution in [3.8, 4) is 0 Å². The van der Waals surface area contributed by atoms with E-state index in [9.17, 15) is 5.11 Å². The first-order chi connectivity index (χ1) is 8.37. The van der Waals surface area contributed by atoms with Crippen molar-refractivity contribution < 1.29 is 9.84 Å². The van der Waals surface area contributed by atoms with Crippen LogP contribution in [0.15, 0.2) is 12.4 Å². The molecule has 0 aliphatic heterocycles. The van der Waals surface area contributed by atoms with Gasteiger partial charge in [-0.15, -0.1) is 0 Å². The number of aliphatic hydroxyl groups excluding tert-OH is 1. The molecule has 2 N–H and O–H groups in total. The Morgan fingerprint density at radius 1 is 1.50 bits per heavy atom. The fraction of sp³-hybridized carbons (Fsp3) is 0.769. The molecular formula is C13H25N3O2. The van der Waals surface area contributed by atoms with Gasteiger partial charge in [-0.2, -0.15) is 5.10 Å². The number of hydrogen-bond donors (Lipinski definition) is 2. The maximum Gasteiger partial charge on any atom is 0.0897 e. The van der Waals surface area contributed by atoms with Crippen molar-refractivity contribution >= 4 is 0 Å². The minimum atomic E-state index is -0.460. The second-order valence-electron chi connectivity index (χ2n) is 5.55. The van der Waals surface area contributed by atoms with E-state index in [1.807, 2.05) is 40.2 Å². The van der Waals surface area contributed by atoms with E-state index >= 15 is 0 Å². The Labute approximate surface area is 109 Å². The predicted molar refractivity (Wildman–Crippen MR) is 71.5 cm³/mol. The molecule has 0 saturated carbocycles. The van der Waals surface area contributed by atoms with Gasteiger partial charge in [-0.1, -0.05) is 0 Å². The Morgan fingerprint density at radius 3 is 2.78 bits per heavy atom. The maximum absolute atomic E-state index is 9.71. The van der Waals surface area contributed by atoms with Crippen LogP contribution in [-0.4, -0.2) is 46.3 Å². The topological polar surface area (TPSA) is 59.3 Å². The quantitative estimate of drug-likeness (QED) is 0.705. The summed E-state index contributed by atoms with van der Waals surface area (Å²) in [5, 5.41) is 17.0. The molecule has 0 aliphatic rings. The van der Waals surface area contributed by atoms with E-state index in [2.05, 4.69) is 10.4 Å². The second-order valence-corrected chi connectivity index (χ2v) is 5.55. The fourth-order valence-electron chi connectivity index (χ4n) is 1.51. The highest BCUT2D eigenvalue weighted by molar-refractivity contribution is 5.03. The van der Waals surface area contributed by atoms with Gasteiger partial charge in [-0.3, -0.25) is 4.68 Å². The zero-order valence-corrected chi connectivity index (χ0v) is 11.8. The lowest BCUT2D eigenvalue weighted by atomic mass is 10.2. The molecule has 0 spiro atoms. The van der Waals surface area contributed by atoms with Crippen LogP contribution in [-0.2, 0) is 18.2 Å². The molecule has 1 aromatic rings. The van der Waals surface area contributed by atoms with Crippen LogP contribution in [0.4, 0.5) is 0 Å². The van der Waals surface area contributed by atoms with Gasteiger partial charge >= 0.3 is 0 Å². The molecule has 1 rings (SSSR count). The third-order valence-electron chi connectivity index (χ3n) is 2.44. The monoisotopic (exact) mass is 255 g/mol. The summed E-state index contributed by atoms with van der Waals surface area (Å²) in [7, 11) is 1.91.